The molecule has 0 unspecified atom stereocenters. The molecule has 24 heavy (non-hydrogen) atoms. The highest BCUT2D eigenvalue weighted by molar-refractivity contribution is 5.94. The maximum Gasteiger partial charge on any atom is 0.255 e. The lowest BCUT2D eigenvalue weighted by molar-refractivity contribution is 0.0792. The van der Waals surface area contributed by atoms with Crippen molar-refractivity contribution in [2.24, 2.45) is 0 Å². The number of aromatic nitrogens is 3. The monoisotopic (exact) mass is 318 g/mol. The minimum absolute atomic E-state index is 0.0755. The Morgan fingerprint density at radius 2 is 1.75 bits per heavy atom. The third-order valence-electron chi connectivity index (χ3n) is 4.30. The van der Waals surface area contributed by atoms with E-state index < -0.39 is 0 Å². The molecule has 1 aliphatic rings. The summed E-state index contributed by atoms with van der Waals surface area (Å²) in [6.45, 7) is 1.70. The number of hydrogen-bond donors (Lipinski definition) is 0. The average Bonchev–Trinajstić information content (AvgIpc) is 3.34. The van der Waals surface area contributed by atoms with Crippen LogP contribution in [0.1, 0.15) is 23.2 Å². The third kappa shape index (κ3) is 2.80. The van der Waals surface area contributed by atoms with E-state index in [2.05, 4.69) is 10.1 Å². The summed E-state index contributed by atoms with van der Waals surface area (Å²) in [6, 6.07) is 13.7. The van der Waals surface area contributed by atoms with Crippen molar-refractivity contribution in [3.63, 3.8) is 0 Å². The highest BCUT2D eigenvalue weighted by Gasteiger charge is 2.19. The first-order valence-electron chi connectivity index (χ1n) is 8.17. The molecule has 1 saturated heterocycles. The van der Waals surface area contributed by atoms with Crippen LogP contribution in [0.15, 0.2) is 61.1 Å². The van der Waals surface area contributed by atoms with Crippen molar-refractivity contribution in [3.8, 4) is 16.9 Å². The fourth-order valence-corrected chi connectivity index (χ4v) is 2.97. The van der Waals surface area contributed by atoms with Gasteiger partial charge in [-0.1, -0.05) is 18.2 Å². The van der Waals surface area contributed by atoms with E-state index in [1.54, 1.807) is 12.4 Å². The second-order valence-corrected chi connectivity index (χ2v) is 5.94. The van der Waals surface area contributed by atoms with E-state index in [1.807, 2.05) is 58.2 Å². The summed E-state index contributed by atoms with van der Waals surface area (Å²) in [5.74, 6) is 0.0755. The van der Waals surface area contributed by atoms with Gasteiger partial charge in [0, 0.05) is 31.0 Å². The molecule has 0 aliphatic carbocycles. The van der Waals surface area contributed by atoms with E-state index in [0.29, 0.717) is 5.56 Å². The van der Waals surface area contributed by atoms with Gasteiger partial charge in [-0.25, -0.2) is 4.68 Å². The van der Waals surface area contributed by atoms with Gasteiger partial charge >= 0.3 is 0 Å². The Morgan fingerprint density at radius 3 is 2.46 bits per heavy atom. The van der Waals surface area contributed by atoms with Crippen LogP contribution in [0.2, 0.25) is 0 Å². The predicted molar refractivity (Wildman–Crippen MR) is 91.9 cm³/mol. The van der Waals surface area contributed by atoms with Crippen LogP contribution >= 0.6 is 0 Å². The lowest BCUT2D eigenvalue weighted by Gasteiger charge is -2.14. The summed E-state index contributed by atoms with van der Waals surface area (Å²) in [5.41, 5.74) is 3.40. The fraction of sp³-hybridized carbons (Fsp3) is 0.211. The van der Waals surface area contributed by atoms with Gasteiger partial charge in [0.2, 0.25) is 0 Å². The van der Waals surface area contributed by atoms with Crippen LogP contribution < -0.4 is 0 Å². The van der Waals surface area contributed by atoms with Gasteiger partial charge in [0.25, 0.3) is 5.91 Å². The maximum absolute atomic E-state index is 12.4. The Hall–Kier alpha value is -2.95. The Labute approximate surface area is 140 Å². The second kappa shape index (κ2) is 6.28. The fourth-order valence-electron chi connectivity index (χ4n) is 2.97. The molecule has 5 nitrogen and oxygen atoms in total. The third-order valence-corrected chi connectivity index (χ3v) is 4.30. The number of benzene rings is 1. The number of rotatable bonds is 3. The van der Waals surface area contributed by atoms with Gasteiger partial charge in [0.15, 0.2) is 0 Å². The zero-order chi connectivity index (χ0) is 16.4. The number of hydrogen-bond acceptors (Lipinski definition) is 3. The van der Waals surface area contributed by atoms with Crippen LogP contribution in [0.3, 0.4) is 0 Å². The standard InChI is InChI=1S/C19H18N4O/c24-19(22-10-4-5-11-22)15-8-9-18(20-12-15)16-13-21-23(14-16)17-6-2-1-3-7-17/h1-3,6-9,12-14H,4-5,10-11H2. The molecule has 5 heteroatoms. The molecule has 0 bridgehead atoms. The van der Waals surface area contributed by atoms with Crippen molar-refractivity contribution in [1.29, 1.82) is 0 Å². The number of likely N-dealkylation sites (tertiary alicyclic amines) is 1. The number of nitrogens with zero attached hydrogens (tertiary/aromatic N) is 4. The molecular formula is C19H18N4O. The van der Waals surface area contributed by atoms with Gasteiger partial charge in [0.1, 0.15) is 0 Å². The molecule has 3 aromatic rings. The van der Waals surface area contributed by atoms with Crippen molar-refractivity contribution >= 4 is 5.91 Å². The summed E-state index contributed by atoms with van der Waals surface area (Å²) >= 11 is 0. The van der Waals surface area contributed by atoms with Crippen LogP contribution in [0.25, 0.3) is 16.9 Å². The molecule has 3 heterocycles. The lowest BCUT2D eigenvalue weighted by Crippen LogP contribution is -2.27. The quantitative estimate of drug-likeness (QED) is 0.745. The van der Waals surface area contributed by atoms with Gasteiger partial charge in [0.05, 0.1) is 23.1 Å². The molecule has 0 atom stereocenters. The van der Waals surface area contributed by atoms with E-state index in [0.717, 1.165) is 42.9 Å². The Balaban J connectivity index is 1.55. The smallest absolute Gasteiger partial charge is 0.255 e. The van der Waals surface area contributed by atoms with Gasteiger partial charge in [-0.2, -0.15) is 5.10 Å². The van der Waals surface area contributed by atoms with Gasteiger partial charge in [-0.3, -0.25) is 9.78 Å². The number of para-hydroxylation sites is 1. The SMILES string of the molecule is O=C(c1ccc(-c2cnn(-c3ccccc3)c2)nc1)N1CCCC1. The second-order valence-electron chi connectivity index (χ2n) is 5.94. The number of carbonyl (C=O) groups excluding carboxylic acids is 1. The molecule has 1 amide bonds. The summed E-state index contributed by atoms with van der Waals surface area (Å²) in [7, 11) is 0. The summed E-state index contributed by atoms with van der Waals surface area (Å²) < 4.78 is 1.82. The highest BCUT2D eigenvalue weighted by Crippen LogP contribution is 2.19. The minimum atomic E-state index is 0.0755. The van der Waals surface area contributed by atoms with Gasteiger partial charge in [-0.05, 0) is 37.1 Å². The number of carbonyl (C=O) groups is 1. The summed E-state index contributed by atoms with van der Waals surface area (Å²) in [5, 5.41) is 4.38. The topological polar surface area (TPSA) is 51.0 Å². The Bertz CT molecular complexity index is 833. The molecule has 4 rings (SSSR count). The van der Waals surface area contributed by atoms with Gasteiger partial charge in [-0.15, -0.1) is 0 Å². The van der Waals surface area contributed by atoms with Crippen LogP contribution in [0.5, 0.6) is 0 Å². The van der Waals surface area contributed by atoms with E-state index in [4.69, 9.17) is 0 Å². The highest BCUT2D eigenvalue weighted by atomic mass is 16.2. The van der Waals surface area contributed by atoms with Crippen molar-refractivity contribution in [3.05, 3.63) is 66.6 Å². The molecule has 0 radical (unpaired) electrons. The summed E-state index contributed by atoms with van der Waals surface area (Å²) in [6.07, 6.45) is 7.58. The molecule has 1 fully saturated rings. The van der Waals surface area contributed by atoms with Crippen molar-refractivity contribution in [2.75, 3.05) is 13.1 Å². The molecule has 0 saturated carbocycles. The van der Waals surface area contributed by atoms with Gasteiger partial charge < -0.3 is 4.90 Å². The average molecular weight is 318 g/mol. The largest absolute Gasteiger partial charge is 0.339 e. The first kappa shape index (κ1) is 14.6. The molecule has 0 spiro atoms. The zero-order valence-electron chi connectivity index (χ0n) is 13.3. The lowest BCUT2D eigenvalue weighted by atomic mass is 10.2. The molecule has 120 valence electrons. The molecule has 1 aliphatic heterocycles. The van der Waals surface area contributed by atoms with E-state index in [9.17, 15) is 4.79 Å². The van der Waals surface area contributed by atoms with Crippen molar-refractivity contribution in [1.82, 2.24) is 19.7 Å². The molecule has 2 aromatic heterocycles. The van der Waals surface area contributed by atoms with Crippen LogP contribution in [0, 0.1) is 0 Å². The number of pyridine rings is 1. The Morgan fingerprint density at radius 1 is 0.958 bits per heavy atom. The summed E-state index contributed by atoms with van der Waals surface area (Å²) in [4.78, 5) is 18.7. The van der Waals surface area contributed by atoms with E-state index in [-0.39, 0.29) is 5.91 Å². The van der Waals surface area contributed by atoms with E-state index in [1.165, 1.54) is 0 Å². The van der Waals surface area contributed by atoms with Crippen LogP contribution in [-0.4, -0.2) is 38.7 Å². The molecular weight excluding hydrogens is 300 g/mol. The van der Waals surface area contributed by atoms with E-state index >= 15 is 0 Å². The molecule has 0 N–H and O–H groups in total. The first-order valence-corrected chi connectivity index (χ1v) is 8.17. The zero-order valence-corrected chi connectivity index (χ0v) is 13.3. The minimum Gasteiger partial charge on any atom is -0.339 e. The van der Waals surface area contributed by atoms with Crippen LogP contribution in [-0.2, 0) is 0 Å². The maximum atomic E-state index is 12.4. The van der Waals surface area contributed by atoms with Crippen molar-refractivity contribution < 1.29 is 4.79 Å². The normalized spacial score (nSPS) is 14.1. The molecule has 1 aromatic carbocycles. The van der Waals surface area contributed by atoms with Crippen molar-refractivity contribution in [2.45, 2.75) is 12.8 Å². The first-order chi connectivity index (χ1) is 11.8. The van der Waals surface area contributed by atoms with Crippen LogP contribution in [0.4, 0.5) is 0 Å². The number of amides is 1. The Kier molecular flexibility index (Phi) is 3.83. The predicted octanol–water partition coefficient (Wildman–Crippen LogP) is 3.17.